The van der Waals surface area contributed by atoms with Crippen LogP contribution < -0.4 is 5.73 Å². The minimum atomic E-state index is -0.0440. The molecule has 0 saturated carbocycles. The summed E-state index contributed by atoms with van der Waals surface area (Å²) in [6.07, 6.45) is 0. The van der Waals surface area contributed by atoms with Crippen molar-refractivity contribution in [3.05, 3.63) is 10.0 Å². The Bertz CT molecular complexity index is 169. The number of aromatic nitrogens is 2. The van der Waals surface area contributed by atoms with Gasteiger partial charge in [0.05, 0.1) is 6.61 Å². The summed E-state index contributed by atoms with van der Waals surface area (Å²) in [5.41, 5.74) is 5.24. The molecule has 0 bridgehead atoms. The van der Waals surface area contributed by atoms with Gasteiger partial charge in [0.1, 0.15) is 10.0 Å². The maximum Gasteiger partial charge on any atom is 0.143 e. The number of hydrogen-bond acceptors (Lipinski definition) is 5. The Kier molecular flexibility index (Phi) is 2.10. The molecule has 9 heavy (non-hydrogen) atoms. The minimum Gasteiger partial charge on any atom is -0.389 e. The number of hydrogen-bond donors (Lipinski definition) is 2. The van der Waals surface area contributed by atoms with Gasteiger partial charge in [-0.25, -0.2) is 0 Å². The van der Waals surface area contributed by atoms with Gasteiger partial charge in [-0.15, -0.1) is 10.2 Å². The lowest BCUT2D eigenvalue weighted by atomic mass is 10.7. The highest BCUT2D eigenvalue weighted by atomic mass is 32.1. The Balaban J connectivity index is 2.74. The van der Waals surface area contributed by atoms with E-state index in [9.17, 15) is 0 Å². The van der Waals surface area contributed by atoms with Crippen molar-refractivity contribution in [1.29, 1.82) is 0 Å². The first-order chi connectivity index (χ1) is 4.36. The van der Waals surface area contributed by atoms with Crippen LogP contribution in [-0.2, 0) is 13.2 Å². The summed E-state index contributed by atoms with van der Waals surface area (Å²) in [5.74, 6) is 0. The van der Waals surface area contributed by atoms with Gasteiger partial charge in [-0.2, -0.15) is 0 Å². The molecule has 3 N–H and O–H groups in total. The standard InChI is InChI=1S/C4H7N3OS/c5-1-3-6-7-4(2-8)9-3/h8H,1-2,5H2. The fourth-order valence-corrected chi connectivity index (χ4v) is 1.02. The number of rotatable bonds is 2. The fourth-order valence-electron chi connectivity index (χ4n) is 0.435. The molecule has 0 aliphatic rings. The van der Waals surface area contributed by atoms with E-state index in [-0.39, 0.29) is 6.61 Å². The summed E-state index contributed by atoms with van der Waals surface area (Å²) in [6.45, 7) is 0.356. The Labute approximate surface area is 56.3 Å². The van der Waals surface area contributed by atoms with Crippen LogP contribution in [0.15, 0.2) is 0 Å². The van der Waals surface area contributed by atoms with E-state index >= 15 is 0 Å². The van der Waals surface area contributed by atoms with Crippen molar-refractivity contribution in [2.75, 3.05) is 0 Å². The van der Waals surface area contributed by atoms with Crippen LogP contribution in [-0.4, -0.2) is 15.3 Å². The molecule has 5 heteroatoms. The van der Waals surface area contributed by atoms with Crippen LogP contribution in [0.25, 0.3) is 0 Å². The summed E-state index contributed by atoms with van der Waals surface area (Å²) in [7, 11) is 0. The van der Waals surface area contributed by atoms with Crippen molar-refractivity contribution in [2.45, 2.75) is 13.2 Å². The quantitative estimate of drug-likeness (QED) is 0.588. The van der Waals surface area contributed by atoms with Gasteiger partial charge in [-0.3, -0.25) is 0 Å². The molecule has 1 heterocycles. The largest absolute Gasteiger partial charge is 0.389 e. The second kappa shape index (κ2) is 2.86. The monoisotopic (exact) mass is 145 g/mol. The van der Waals surface area contributed by atoms with E-state index in [1.165, 1.54) is 11.3 Å². The zero-order valence-electron chi connectivity index (χ0n) is 4.74. The van der Waals surface area contributed by atoms with Crippen LogP contribution in [0.3, 0.4) is 0 Å². The van der Waals surface area contributed by atoms with E-state index in [4.69, 9.17) is 10.8 Å². The highest BCUT2D eigenvalue weighted by molar-refractivity contribution is 7.11. The molecule has 0 spiro atoms. The average molecular weight is 145 g/mol. The molecule has 0 atom stereocenters. The molecule has 0 aromatic carbocycles. The Morgan fingerprint density at radius 1 is 1.44 bits per heavy atom. The zero-order chi connectivity index (χ0) is 6.69. The normalized spacial score (nSPS) is 10.0. The topological polar surface area (TPSA) is 72.0 Å². The molecule has 0 unspecified atom stereocenters. The van der Waals surface area contributed by atoms with E-state index < -0.39 is 0 Å². The van der Waals surface area contributed by atoms with E-state index in [0.717, 1.165) is 5.01 Å². The van der Waals surface area contributed by atoms with Crippen molar-refractivity contribution in [2.24, 2.45) is 5.73 Å². The SMILES string of the molecule is NCc1nnc(CO)s1. The van der Waals surface area contributed by atoms with Gasteiger partial charge >= 0.3 is 0 Å². The summed E-state index contributed by atoms with van der Waals surface area (Å²) in [5, 5.41) is 17.2. The third-order valence-electron chi connectivity index (χ3n) is 0.819. The Hall–Kier alpha value is -0.520. The first kappa shape index (κ1) is 6.60. The third-order valence-corrected chi connectivity index (χ3v) is 1.75. The second-order valence-corrected chi connectivity index (χ2v) is 2.60. The maximum atomic E-state index is 8.51. The third kappa shape index (κ3) is 1.44. The summed E-state index contributed by atoms with van der Waals surface area (Å²) < 4.78 is 0. The highest BCUT2D eigenvalue weighted by Crippen LogP contribution is 2.07. The number of aliphatic hydroxyl groups is 1. The first-order valence-electron chi connectivity index (χ1n) is 2.49. The molecule has 50 valence electrons. The van der Waals surface area contributed by atoms with E-state index in [1.54, 1.807) is 0 Å². The highest BCUT2D eigenvalue weighted by Gasteiger charge is 1.98. The molecule has 0 aliphatic carbocycles. The van der Waals surface area contributed by atoms with Crippen LogP contribution in [0.5, 0.6) is 0 Å². The number of nitrogens with zero attached hydrogens (tertiary/aromatic N) is 2. The molecular formula is C4H7N3OS. The van der Waals surface area contributed by atoms with E-state index in [1.807, 2.05) is 0 Å². The molecule has 1 aromatic heterocycles. The van der Waals surface area contributed by atoms with Gasteiger partial charge < -0.3 is 10.8 Å². The summed E-state index contributed by atoms with van der Waals surface area (Å²) in [4.78, 5) is 0. The van der Waals surface area contributed by atoms with Crippen LogP contribution in [0.4, 0.5) is 0 Å². The van der Waals surface area contributed by atoms with Crippen molar-refractivity contribution in [1.82, 2.24) is 10.2 Å². The first-order valence-corrected chi connectivity index (χ1v) is 3.30. The molecule has 1 rings (SSSR count). The zero-order valence-corrected chi connectivity index (χ0v) is 5.56. The molecule has 1 aromatic rings. The fraction of sp³-hybridized carbons (Fsp3) is 0.500. The van der Waals surface area contributed by atoms with Gasteiger partial charge in [0.25, 0.3) is 0 Å². The molecule has 0 amide bonds. The van der Waals surface area contributed by atoms with Crippen molar-refractivity contribution in [3.8, 4) is 0 Å². The number of aliphatic hydroxyl groups excluding tert-OH is 1. The molecule has 0 saturated heterocycles. The maximum absolute atomic E-state index is 8.51. The lowest BCUT2D eigenvalue weighted by Gasteiger charge is -1.79. The Morgan fingerprint density at radius 3 is 2.44 bits per heavy atom. The van der Waals surface area contributed by atoms with E-state index in [0.29, 0.717) is 11.6 Å². The summed E-state index contributed by atoms with van der Waals surface area (Å²) >= 11 is 1.34. The predicted octanol–water partition coefficient (Wildman–Crippen LogP) is -0.511. The average Bonchev–Trinajstić information content (AvgIpc) is 2.34. The number of nitrogens with two attached hydrogens (primary N) is 1. The van der Waals surface area contributed by atoms with Crippen molar-refractivity contribution < 1.29 is 5.11 Å². The minimum absolute atomic E-state index is 0.0440. The van der Waals surface area contributed by atoms with Gasteiger partial charge in [0, 0.05) is 6.54 Å². The molecule has 0 radical (unpaired) electrons. The van der Waals surface area contributed by atoms with Crippen molar-refractivity contribution >= 4 is 11.3 Å². The van der Waals surface area contributed by atoms with Crippen LogP contribution in [0.1, 0.15) is 10.0 Å². The summed E-state index contributed by atoms with van der Waals surface area (Å²) in [6, 6.07) is 0. The Morgan fingerprint density at radius 2 is 2.11 bits per heavy atom. The smallest absolute Gasteiger partial charge is 0.143 e. The molecular weight excluding hydrogens is 138 g/mol. The van der Waals surface area contributed by atoms with Gasteiger partial charge in [0.2, 0.25) is 0 Å². The molecule has 0 fully saturated rings. The second-order valence-electron chi connectivity index (χ2n) is 1.45. The lowest BCUT2D eigenvalue weighted by Crippen LogP contribution is -1.94. The lowest BCUT2D eigenvalue weighted by molar-refractivity contribution is 0.280. The van der Waals surface area contributed by atoms with Crippen LogP contribution in [0, 0.1) is 0 Å². The molecule has 0 aliphatic heterocycles. The van der Waals surface area contributed by atoms with Gasteiger partial charge in [-0.05, 0) is 0 Å². The van der Waals surface area contributed by atoms with E-state index in [2.05, 4.69) is 10.2 Å². The predicted molar refractivity (Wildman–Crippen MR) is 33.7 cm³/mol. The van der Waals surface area contributed by atoms with Gasteiger partial charge in [-0.1, -0.05) is 11.3 Å². The van der Waals surface area contributed by atoms with Crippen LogP contribution in [0.2, 0.25) is 0 Å². The van der Waals surface area contributed by atoms with Gasteiger partial charge in [0.15, 0.2) is 0 Å². The van der Waals surface area contributed by atoms with Crippen molar-refractivity contribution in [3.63, 3.8) is 0 Å². The molecule has 4 nitrogen and oxygen atoms in total. The van der Waals surface area contributed by atoms with Crippen LogP contribution >= 0.6 is 11.3 Å².